The number of nitrogens with zero attached hydrogens (tertiary/aromatic N) is 7. The molecule has 1 atom stereocenters. The van der Waals surface area contributed by atoms with Gasteiger partial charge in [0.2, 0.25) is 5.88 Å². The van der Waals surface area contributed by atoms with Gasteiger partial charge in [-0.2, -0.15) is 10.1 Å². The van der Waals surface area contributed by atoms with E-state index in [1.807, 2.05) is 0 Å². The van der Waals surface area contributed by atoms with Gasteiger partial charge in [-0.3, -0.25) is 18.6 Å². The van der Waals surface area contributed by atoms with E-state index in [0.29, 0.717) is 18.8 Å². The zero-order chi connectivity index (χ0) is 26.4. The van der Waals surface area contributed by atoms with Gasteiger partial charge in [0.15, 0.2) is 17.5 Å². The molecule has 4 aromatic rings. The Labute approximate surface area is 212 Å². The summed E-state index contributed by atoms with van der Waals surface area (Å²) in [5, 5.41) is 3.65. The molecule has 194 valence electrons. The predicted octanol–water partition coefficient (Wildman–Crippen LogP) is 2.27. The number of pyridine rings is 1. The van der Waals surface area contributed by atoms with Crippen LogP contribution in [0.25, 0.3) is 10.9 Å². The molecule has 0 unspecified atom stereocenters. The molecule has 1 aliphatic heterocycles. The van der Waals surface area contributed by atoms with Gasteiger partial charge in [0.25, 0.3) is 5.56 Å². The van der Waals surface area contributed by atoms with E-state index in [2.05, 4.69) is 15.1 Å². The second kappa shape index (κ2) is 9.54. The van der Waals surface area contributed by atoms with Crippen LogP contribution in [0.4, 0.5) is 19.0 Å². The van der Waals surface area contributed by atoms with Crippen molar-refractivity contribution in [1.29, 1.82) is 0 Å². The standard InChI is InChI=1S/C23H21ClF3N7O3/c1-31-11-28-17(30-31)10-34-22(35)19-16(7-18(29-21(19)37-2)32-4-3-13(25)9-32)33(23(34)36)8-12-5-14(24)20(27)15(26)6-12/h5-7,11,13H,3-4,8-10H2,1-2H3/t13-/m1/s1. The van der Waals surface area contributed by atoms with Crippen LogP contribution in [-0.2, 0) is 20.1 Å². The average Bonchev–Trinajstić information content (AvgIpc) is 3.49. The van der Waals surface area contributed by atoms with Crippen molar-refractivity contribution in [1.82, 2.24) is 28.9 Å². The molecule has 37 heavy (non-hydrogen) atoms. The van der Waals surface area contributed by atoms with Crippen molar-refractivity contribution in [2.75, 3.05) is 25.1 Å². The predicted molar refractivity (Wildman–Crippen MR) is 129 cm³/mol. The normalized spacial score (nSPS) is 15.6. The summed E-state index contributed by atoms with van der Waals surface area (Å²) in [7, 11) is 2.96. The van der Waals surface area contributed by atoms with Gasteiger partial charge < -0.3 is 9.64 Å². The Bertz CT molecular complexity index is 1610. The van der Waals surface area contributed by atoms with Gasteiger partial charge in [-0.05, 0) is 24.1 Å². The van der Waals surface area contributed by atoms with Crippen molar-refractivity contribution < 1.29 is 17.9 Å². The van der Waals surface area contributed by atoms with Crippen molar-refractivity contribution in [3.05, 3.63) is 73.4 Å². The Morgan fingerprint density at radius 3 is 2.57 bits per heavy atom. The monoisotopic (exact) mass is 535 g/mol. The van der Waals surface area contributed by atoms with Crippen LogP contribution >= 0.6 is 11.6 Å². The Hall–Kier alpha value is -3.87. The number of hydrogen-bond donors (Lipinski definition) is 0. The molecule has 1 fully saturated rings. The van der Waals surface area contributed by atoms with E-state index >= 15 is 0 Å². The van der Waals surface area contributed by atoms with Crippen molar-refractivity contribution in [3.63, 3.8) is 0 Å². The minimum absolute atomic E-state index is 0.0218. The highest BCUT2D eigenvalue weighted by atomic mass is 35.5. The lowest BCUT2D eigenvalue weighted by atomic mass is 10.2. The van der Waals surface area contributed by atoms with Crippen LogP contribution in [0.1, 0.15) is 17.8 Å². The Balaban J connectivity index is 1.77. The number of rotatable bonds is 6. The van der Waals surface area contributed by atoms with Crippen LogP contribution < -0.4 is 20.9 Å². The largest absolute Gasteiger partial charge is 0.480 e. The lowest BCUT2D eigenvalue weighted by Crippen LogP contribution is -2.41. The van der Waals surface area contributed by atoms with E-state index in [1.165, 1.54) is 34.8 Å². The number of anilines is 1. The molecule has 0 radical (unpaired) electrons. The molecule has 0 spiro atoms. The third-order valence-electron chi connectivity index (χ3n) is 6.14. The quantitative estimate of drug-likeness (QED) is 0.349. The Morgan fingerprint density at radius 1 is 1.16 bits per heavy atom. The molecule has 1 saturated heterocycles. The van der Waals surface area contributed by atoms with Gasteiger partial charge in [0, 0.05) is 19.7 Å². The van der Waals surface area contributed by atoms with E-state index < -0.39 is 34.1 Å². The number of aryl methyl sites for hydroxylation is 1. The lowest BCUT2D eigenvalue weighted by Gasteiger charge is -2.20. The van der Waals surface area contributed by atoms with Crippen molar-refractivity contribution >= 4 is 28.3 Å². The lowest BCUT2D eigenvalue weighted by molar-refractivity contribution is 0.364. The maximum absolute atomic E-state index is 14.1. The van der Waals surface area contributed by atoms with Gasteiger partial charge in [0.1, 0.15) is 23.7 Å². The van der Waals surface area contributed by atoms with E-state index in [1.54, 1.807) is 11.9 Å². The number of fused-ring (bicyclic) bond motifs is 1. The minimum atomic E-state index is -1.21. The van der Waals surface area contributed by atoms with Crippen LogP contribution in [0, 0.1) is 11.6 Å². The minimum Gasteiger partial charge on any atom is -0.480 e. The fourth-order valence-electron chi connectivity index (χ4n) is 4.39. The summed E-state index contributed by atoms with van der Waals surface area (Å²) in [5.41, 5.74) is -1.15. The second-order valence-electron chi connectivity index (χ2n) is 8.68. The van der Waals surface area contributed by atoms with E-state index in [9.17, 15) is 22.8 Å². The number of aromatic nitrogens is 6. The summed E-state index contributed by atoms with van der Waals surface area (Å²) in [6.07, 6.45) is 0.682. The maximum Gasteiger partial charge on any atom is 0.332 e. The SMILES string of the molecule is COc1nc(N2CC[C@@H](F)C2)cc2c1c(=O)n(Cc1ncn(C)n1)c(=O)n2Cc1cc(F)c(F)c(Cl)c1. The summed E-state index contributed by atoms with van der Waals surface area (Å²) in [6.45, 7) is -0.0462. The van der Waals surface area contributed by atoms with Crippen LogP contribution in [0.5, 0.6) is 5.88 Å². The maximum atomic E-state index is 14.1. The highest BCUT2D eigenvalue weighted by molar-refractivity contribution is 6.30. The van der Waals surface area contributed by atoms with Gasteiger partial charge in [-0.25, -0.2) is 22.9 Å². The zero-order valence-corrected chi connectivity index (χ0v) is 20.5. The van der Waals surface area contributed by atoms with Gasteiger partial charge in [-0.15, -0.1) is 0 Å². The van der Waals surface area contributed by atoms with Gasteiger partial charge >= 0.3 is 5.69 Å². The summed E-state index contributed by atoms with van der Waals surface area (Å²) in [6, 6.07) is 3.60. The second-order valence-corrected chi connectivity index (χ2v) is 9.09. The number of methoxy groups -OCH3 is 1. The molecule has 3 aromatic heterocycles. The first-order valence-corrected chi connectivity index (χ1v) is 11.6. The molecule has 14 heteroatoms. The van der Waals surface area contributed by atoms with Gasteiger partial charge in [0.05, 0.1) is 37.3 Å². The topological polar surface area (TPSA) is 100 Å². The molecule has 10 nitrogen and oxygen atoms in total. The molecular formula is C23H21ClF3N7O3. The van der Waals surface area contributed by atoms with E-state index in [0.717, 1.165) is 10.6 Å². The van der Waals surface area contributed by atoms with Crippen LogP contribution in [0.3, 0.4) is 0 Å². The number of ether oxygens (including phenoxy) is 1. The average molecular weight is 536 g/mol. The Kier molecular flexibility index (Phi) is 6.40. The van der Waals surface area contributed by atoms with Crippen LogP contribution in [0.2, 0.25) is 5.02 Å². The highest BCUT2D eigenvalue weighted by Crippen LogP contribution is 2.29. The molecule has 1 aliphatic rings. The fourth-order valence-corrected chi connectivity index (χ4v) is 4.62. The van der Waals surface area contributed by atoms with E-state index in [-0.39, 0.29) is 47.8 Å². The first-order valence-electron chi connectivity index (χ1n) is 11.3. The van der Waals surface area contributed by atoms with Crippen LogP contribution in [-0.4, -0.2) is 55.3 Å². The molecule has 0 N–H and O–H groups in total. The third-order valence-corrected chi connectivity index (χ3v) is 6.42. The number of alkyl halides is 1. The van der Waals surface area contributed by atoms with Crippen molar-refractivity contribution in [2.24, 2.45) is 7.05 Å². The molecule has 0 bridgehead atoms. The molecule has 0 saturated carbocycles. The summed E-state index contributed by atoms with van der Waals surface area (Å²) >= 11 is 5.83. The number of hydrogen-bond acceptors (Lipinski definition) is 7. The van der Waals surface area contributed by atoms with Gasteiger partial charge in [-0.1, -0.05) is 11.6 Å². The molecule has 5 rings (SSSR count). The zero-order valence-electron chi connectivity index (χ0n) is 19.8. The third kappa shape index (κ3) is 4.54. The summed E-state index contributed by atoms with van der Waals surface area (Å²) < 4.78 is 50.8. The van der Waals surface area contributed by atoms with Crippen molar-refractivity contribution in [3.8, 4) is 5.88 Å². The first kappa shape index (κ1) is 24.8. The van der Waals surface area contributed by atoms with Crippen molar-refractivity contribution in [2.45, 2.75) is 25.7 Å². The molecular weight excluding hydrogens is 515 g/mol. The van der Waals surface area contributed by atoms with E-state index in [4.69, 9.17) is 16.3 Å². The molecule has 0 amide bonds. The summed E-state index contributed by atoms with van der Waals surface area (Å²) in [4.78, 5) is 37.4. The van der Waals surface area contributed by atoms with Crippen LogP contribution in [0.15, 0.2) is 34.1 Å². The molecule has 4 heterocycles. The Morgan fingerprint density at radius 2 is 1.95 bits per heavy atom. The number of benzene rings is 1. The smallest absolute Gasteiger partial charge is 0.332 e. The molecule has 1 aromatic carbocycles. The highest BCUT2D eigenvalue weighted by Gasteiger charge is 2.26. The molecule has 0 aliphatic carbocycles. The summed E-state index contributed by atoms with van der Waals surface area (Å²) in [5.74, 6) is -1.95. The first-order chi connectivity index (χ1) is 17.7. The fraction of sp³-hybridized carbons (Fsp3) is 0.348. The number of halogens is 4.